The van der Waals surface area contributed by atoms with Crippen LogP contribution < -0.4 is 5.32 Å². The number of aliphatic hydroxyl groups excluding tert-OH is 1. The number of nitrogens with one attached hydrogen (secondary N) is 1. The largest absolute Gasteiger partial charge is 0.395 e. The minimum Gasteiger partial charge on any atom is -0.395 e. The molecule has 0 fully saturated rings. The van der Waals surface area contributed by atoms with Crippen molar-refractivity contribution in [2.24, 2.45) is 0 Å². The minimum atomic E-state index is -0.585. The van der Waals surface area contributed by atoms with Crippen molar-refractivity contribution in [1.29, 1.82) is 0 Å². The van der Waals surface area contributed by atoms with Gasteiger partial charge in [0.2, 0.25) is 0 Å². The number of hydrogen-bond acceptors (Lipinski definition) is 6. The third-order valence-electron chi connectivity index (χ3n) is 3.13. The van der Waals surface area contributed by atoms with Gasteiger partial charge in [-0.05, 0) is 13.0 Å². The number of nitro groups is 1. The zero-order valence-electron chi connectivity index (χ0n) is 11.5. The lowest BCUT2D eigenvalue weighted by atomic mass is 10.2. The summed E-state index contributed by atoms with van der Waals surface area (Å²) in [5.74, 6) is -1.12. The van der Waals surface area contributed by atoms with Crippen LogP contribution in [0.15, 0.2) is 28.4 Å². The first-order chi connectivity index (χ1) is 10.3. The Morgan fingerprint density at radius 3 is 2.68 bits per heavy atom. The molecule has 0 aliphatic carbocycles. The van der Waals surface area contributed by atoms with Crippen molar-refractivity contribution in [3.63, 3.8) is 0 Å². The van der Waals surface area contributed by atoms with Crippen LogP contribution in [-0.2, 0) is 9.59 Å². The van der Waals surface area contributed by atoms with Crippen LogP contribution >= 0.6 is 15.9 Å². The second-order valence-corrected chi connectivity index (χ2v) is 5.42. The predicted molar refractivity (Wildman–Crippen MR) is 81.0 cm³/mol. The maximum atomic E-state index is 12.0. The third kappa shape index (κ3) is 3.00. The lowest BCUT2D eigenvalue weighted by Gasteiger charge is -2.13. The van der Waals surface area contributed by atoms with Crippen LogP contribution in [0.1, 0.15) is 5.56 Å². The normalized spacial score (nSPS) is 14.3. The first-order valence-corrected chi connectivity index (χ1v) is 7.04. The van der Waals surface area contributed by atoms with Crippen molar-refractivity contribution < 1.29 is 19.6 Å². The van der Waals surface area contributed by atoms with Gasteiger partial charge in [-0.3, -0.25) is 24.6 Å². The number of rotatable bonds is 5. The van der Waals surface area contributed by atoms with E-state index in [2.05, 4.69) is 21.2 Å². The molecule has 2 amide bonds. The molecule has 8 nitrogen and oxygen atoms in total. The summed E-state index contributed by atoms with van der Waals surface area (Å²) in [7, 11) is 0. The number of amides is 2. The second kappa shape index (κ2) is 6.24. The van der Waals surface area contributed by atoms with Gasteiger partial charge in [0.25, 0.3) is 17.5 Å². The van der Waals surface area contributed by atoms with Gasteiger partial charge in [-0.15, -0.1) is 0 Å². The summed E-state index contributed by atoms with van der Waals surface area (Å²) in [5, 5.41) is 22.5. The summed E-state index contributed by atoms with van der Waals surface area (Å²) < 4.78 is 0.508. The van der Waals surface area contributed by atoms with E-state index in [1.54, 1.807) is 13.0 Å². The maximum absolute atomic E-state index is 12.0. The highest BCUT2D eigenvalue weighted by molar-refractivity contribution is 9.10. The van der Waals surface area contributed by atoms with E-state index in [-0.39, 0.29) is 24.5 Å². The molecule has 22 heavy (non-hydrogen) atoms. The highest BCUT2D eigenvalue weighted by Gasteiger charge is 2.31. The maximum Gasteiger partial charge on any atom is 0.277 e. The molecule has 1 heterocycles. The average Bonchev–Trinajstić information content (AvgIpc) is 2.70. The molecule has 0 aromatic heterocycles. The van der Waals surface area contributed by atoms with Crippen molar-refractivity contribution in [2.45, 2.75) is 6.92 Å². The number of anilines is 1. The molecular weight excluding hydrogens is 358 g/mol. The molecule has 1 aliphatic heterocycles. The first kappa shape index (κ1) is 16.1. The summed E-state index contributed by atoms with van der Waals surface area (Å²) in [6, 6.07) is 2.86. The van der Waals surface area contributed by atoms with Gasteiger partial charge < -0.3 is 10.4 Å². The number of carbonyl (C=O) groups excluding carboxylic acids is 2. The van der Waals surface area contributed by atoms with Gasteiger partial charge in [-0.1, -0.05) is 15.9 Å². The van der Waals surface area contributed by atoms with E-state index in [1.807, 2.05) is 0 Å². The van der Waals surface area contributed by atoms with Gasteiger partial charge in [0.1, 0.15) is 5.70 Å². The molecule has 0 saturated carbocycles. The fraction of sp³-hybridized carbons (Fsp3) is 0.231. The van der Waals surface area contributed by atoms with Gasteiger partial charge in [-0.2, -0.15) is 0 Å². The van der Waals surface area contributed by atoms with E-state index in [0.29, 0.717) is 15.7 Å². The van der Waals surface area contributed by atoms with Crippen LogP contribution in [0.3, 0.4) is 0 Å². The zero-order chi connectivity index (χ0) is 16.4. The fourth-order valence-corrected chi connectivity index (χ4v) is 2.44. The molecule has 0 spiro atoms. The number of imide groups is 1. The van der Waals surface area contributed by atoms with Gasteiger partial charge in [0, 0.05) is 27.9 Å². The Balaban J connectivity index is 2.29. The van der Waals surface area contributed by atoms with Crippen LogP contribution in [0, 0.1) is 17.0 Å². The topological polar surface area (TPSA) is 113 Å². The van der Waals surface area contributed by atoms with Crippen LogP contribution in [0.5, 0.6) is 0 Å². The molecular formula is C13H12BrN3O5. The van der Waals surface area contributed by atoms with E-state index < -0.39 is 16.7 Å². The molecule has 1 aliphatic rings. The standard InChI is InChI=1S/C13H12BrN3O5/c1-7-9(14)4-8(5-11(7)17(21)22)15-10-6-12(19)16(2-3-18)13(10)20/h4-6,15,18H,2-3H2,1H3. The lowest BCUT2D eigenvalue weighted by Crippen LogP contribution is -2.34. The van der Waals surface area contributed by atoms with Gasteiger partial charge >= 0.3 is 0 Å². The van der Waals surface area contributed by atoms with E-state index in [1.165, 1.54) is 6.07 Å². The number of β-amino-alcohol motifs (C(OH)–C–C–N with tert-alkyl or cyclic N) is 1. The molecule has 0 saturated heterocycles. The fourth-order valence-electron chi connectivity index (χ4n) is 1.99. The highest BCUT2D eigenvalue weighted by atomic mass is 79.9. The Labute approximate surface area is 133 Å². The van der Waals surface area contributed by atoms with Gasteiger partial charge in [0.15, 0.2) is 0 Å². The van der Waals surface area contributed by atoms with Crippen LogP contribution in [0.25, 0.3) is 0 Å². The number of nitrogens with zero attached hydrogens (tertiary/aromatic N) is 2. The van der Waals surface area contributed by atoms with E-state index in [9.17, 15) is 19.7 Å². The number of benzene rings is 1. The monoisotopic (exact) mass is 369 g/mol. The minimum absolute atomic E-state index is 0.00324. The van der Waals surface area contributed by atoms with Crippen LogP contribution in [0.4, 0.5) is 11.4 Å². The Morgan fingerprint density at radius 1 is 1.41 bits per heavy atom. The smallest absolute Gasteiger partial charge is 0.277 e. The Bertz CT molecular complexity index is 701. The van der Waals surface area contributed by atoms with Gasteiger partial charge in [-0.25, -0.2) is 0 Å². The van der Waals surface area contributed by atoms with Crippen molar-refractivity contribution in [1.82, 2.24) is 4.90 Å². The number of hydrogen-bond donors (Lipinski definition) is 2. The van der Waals surface area contributed by atoms with Crippen molar-refractivity contribution in [3.8, 4) is 0 Å². The number of nitro benzene ring substituents is 1. The first-order valence-electron chi connectivity index (χ1n) is 6.25. The quantitative estimate of drug-likeness (QED) is 0.459. The summed E-state index contributed by atoms with van der Waals surface area (Å²) in [6.45, 7) is 1.16. The number of halogens is 1. The molecule has 1 aromatic carbocycles. The number of carbonyl (C=O) groups is 2. The predicted octanol–water partition coefficient (Wildman–Crippen LogP) is 1.32. The molecule has 2 rings (SSSR count). The van der Waals surface area contributed by atoms with E-state index >= 15 is 0 Å². The van der Waals surface area contributed by atoms with Crippen LogP contribution in [-0.4, -0.2) is 39.9 Å². The Hall–Kier alpha value is -2.26. The van der Waals surface area contributed by atoms with Crippen molar-refractivity contribution in [2.75, 3.05) is 18.5 Å². The van der Waals surface area contributed by atoms with Crippen molar-refractivity contribution in [3.05, 3.63) is 44.1 Å². The van der Waals surface area contributed by atoms with E-state index in [4.69, 9.17) is 5.11 Å². The molecule has 116 valence electrons. The molecule has 9 heteroatoms. The van der Waals surface area contributed by atoms with Crippen molar-refractivity contribution >= 4 is 39.1 Å². The van der Waals surface area contributed by atoms with E-state index in [0.717, 1.165) is 11.0 Å². The Kier molecular flexibility index (Phi) is 4.57. The summed E-state index contributed by atoms with van der Waals surface area (Å²) in [4.78, 5) is 35.0. The van der Waals surface area contributed by atoms with Crippen LogP contribution in [0.2, 0.25) is 0 Å². The third-order valence-corrected chi connectivity index (χ3v) is 3.95. The Morgan fingerprint density at radius 2 is 2.09 bits per heavy atom. The molecule has 1 aromatic rings. The molecule has 0 radical (unpaired) electrons. The zero-order valence-corrected chi connectivity index (χ0v) is 13.1. The lowest BCUT2D eigenvalue weighted by molar-refractivity contribution is -0.385. The second-order valence-electron chi connectivity index (χ2n) is 4.56. The summed E-state index contributed by atoms with van der Waals surface area (Å²) in [5.41, 5.74) is 0.660. The molecule has 0 bridgehead atoms. The molecule has 2 N–H and O–H groups in total. The number of aliphatic hydroxyl groups is 1. The SMILES string of the molecule is Cc1c(Br)cc(NC2=CC(=O)N(CCO)C2=O)cc1[N+](=O)[O-]. The summed E-state index contributed by atoms with van der Waals surface area (Å²) >= 11 is 3.22. The molecule has 0 atom stereocenters. The average molecular weight is 370 g/mol. The summed E-state index contributed by atoms with van der Waals surface area (Å²) in [6.07, 6.45) is 1.09. The molecule has 0 unspecified atom stereocenters. The highest BCUT2D eigenvalue weighted by Crippen LogP contribution is 2.31. The van der Waals surface area contributed by atoms with Gasteiger partial charge in [0.05, 0.1) is 18.1 Å².